The van der Waals surface area contributed by atoms with E-state index in [2.05, 4.69) is 17.6 Å². The summed E-state index contributed by atoms with van der Waals surface area (Å²) in [6, 6.07) is 4.43. The lowest BCUT2D eigenvalue weighted by Crippen LogP contribution is -2.28. The monoisotopic (exact) mass is 287 g/mol. The summed E-state index contributed by atoms with van der Waals surface area (Å²) in [6.45, 7) is 2.24. The molecule has 0 bridgehead atoms. The number of benzene rings is 1. The van der Waals surface area contributed by atoms with Crippen LogP contribution in [-0.4, -0.2) is 11.9 Å². The summed E-state index contributed by atoms with van der Waals surface area (Å²) < 4.78 is 0. The molecular weight excluding hydrogens is 262 g/mol. The first-order valence-electron chi connectivity index (χ1n) is 8.12. The number of carbonyl (C=O) groups excluding carboxylic acids is 1. The van der Waals surface area contributed by atoms with Crippen LogP contribution in [0.25, 0.3) is 0 Å². The highest BCUT2D eigenvalue weighted by Gasteiger charge is 2.22. The summed E-state index contributed by atoms with van der Waals surface area (Å²) in [4.78, 5) is 11.5. The van der Waals surface area contributed by atoms with Gasteiger partial charge in [0.25, 0.3) is 0 Å². The van der Waals surface area contributed by atoms with Gasteiger partial charge in [0, 0.05) is 18.2 Å². The molecule has 0 spiro atoms. The van der Waals surface area contributed by atoms with Gasteiger partial charge in [-0.2, -0.15) is 0 Å². The zero-order valence-corrected chi connectivity index (χ0v) is 12.7. The molecule has 21 heavy (non-hydrogen) atoms. The third-order valence-corrected chi connectivity index (χ3v) is 4.91. The topological polar surface area (TPSA) is 67.1 Å². The van der Waals surface area contributed by atoms with Crippen LogP contribution in [0.1, 0.15) is 51.0 Å². The van der Waals surface area contributed by atoms with Crippen LogP contribution in [0, 0.1) is 5.92 Å². The third kappa shape index (κ3) is 3.14. The predicted octanol–water partition coefficient (Wildman–Crippen LogP) is 3.53. The largest absolute Gasteiger partial charge is 0.397 e. The number of nitrogens with one attached hydrogen (secondary N) is 2. The third-order valence-electron chi connectivity index (χ3n) is 4.91. The maximum atomic E-state index is 11.5. The lowest BCUT2D eigenvalue weighted by Gasteiger charge is -2.30. The highest BCUT2D eigenvalue weighted by molar-refractivity contribution is 5.95. The molecule has 4 heteroatoms. The molecular formula is C17H25N3O. The Morgan fingerprint density at radius 1 is 1.24 bits per heavy atom. The van der Waals surface area contributed by atoms with Crippen molar-refractivity contribution in [3.8, 4) is 0 Å². The average Bonchev–Trinajstić information content (AvgIpc) is 2.49. The smallest absolute Gasteiger partial charge is 0.224 e. The predicted molar refractivity (Wildman–Crippen MR) is 87.5 cm³/mol. The van der Waals surface area contributed by atoms with Crippen molar-refractivity contribution in [2.75, 3.05) is 16.4 Å². The molecule has 0 saturated heterocycles. The lowest BCUT2D eigenvalue weighted by molar-refractivity contribution is -0.116. The molecule has 1 fully saturated rings. The van der Waals surface area contributed by atoms with Crippen LogP contribution >= 0.6 is 0 Å². The fraction of sp³-hybridized carbons (Fsp3) is 0.588. The Bertz CT molecular complexity index is 535. The van der Waals surface area contributed by atoms with Crippen LogP contribution in [0.4, 0.5) is 17.1 Å². The second-order valence-electron chi connectivity index (χ2n) is 6.48. The van der Waals surface area contributed by atoms with Crippen molar-refractivity contribution < 1.29 is 4.79 Å². The second kappa shape index (κ2) is 5.96. The van der Waals surface area contributed by atoms with Crippen molar-refractivity contribution >= 4 is 23.0 Å². The number of rotatable bonds is 3. The van der Waals surface area contributed by atoms with Gasteiger partial charge in [-0.15, -0.1) is 0 Å². The SMILES string of the molecule is CC(Nc1cc2c(cc1N)CCC(=O)N2)C1CCCCC1. The lowest BCUT2D eigenvalue weighted by atomic mass is 9.84. The number of nitrogen functional groups attached to an aromatic ring is 1. The molecule has 114 valence electrons. The standard InChI is InChI=1S/C17H25N3O/c1-11(12-5-3-2-4-6-12)19-16-10-15-13(9-14(16)18)7-8-17(21)20-15/h9-12,19H,2-8,18H2,1H3,(H,20,21). The number of aryl methyl sites for hydroxylation is 1. The summed E-state index contributed by atoms with van der Waals surface area (Å²) in [5.74, 6) is 0.822. The summed E-state index contributed by atoms with van der Waals surface area (Å²) >= 11 is 0. The maximum absolute atomic E-state index is 11.5. The normalized spacial score (nSPS) is 20.5. The second-order valence-corrected chi connectivity index (χ2v) is 6.48. The van der Waals surface area contributed by atoms with E-state index in [4.69, 9.17) is 5.73 Å². The van der Waals surface area contributed by atoms with E-state index in [1.165, 1.54) is 32.1 Å². The first-order valence-corrected chi connectivity index (χ1v) is 8.12. The van der Waals surface area contributed by atoms with Gasteiger partial charge in [-0.3, -0.25) is 4.79 Å². The molecule has 4 nitrogen and oxygen atoms in total. The average molecular weight is 287 g/mol. The summed E-state index contributed by atoms with van der Waals surface area (Å²) in [6.07, 6.45) is 7.99. The van der Waals surface area contributed by atoms with E-state index in [0.29, 0.717) is 12.5 Å². The van der Waals surface area contributed by atoms with Crippen molar-refractivity contribution in [2.45, 2.75) is 57.9 Å². The van der Waals surface area contributed by atoms with Crippen molar-refractivity contribution in [2.24, 2.45) is 5.92 Å². The Hall–Kier alpha value is -1.71. The number of anilines is 3. The van der Waals surface area contributed by atoms with E-state index in [-0.39, 0.29) is 5.91 Å². The zero-order chi connectivity index (χ0) is 14.8. The molecule has 3 rings (SSSR count). The minimum absolute atomic E-state index is 0.0959. The number of fused-ring (bicyclic) bond motifs is 1. The van der Waals surface area contributed by atoms with E-state index in [0.717, 1.165) is 35.0 Å². The van der Waals surface area contributed by atoms with Gasteiger partial charge >= 0.3 is 0 Å². The van der Waals surface area contributed by atoms with Crippen LogP contribution < -0.4 is 16.4 Å². The highest BCUT2D eigenvalue weighted by atomic mass is 16.1. The van der Waals surface area contributed by atoms with Gasteiger partial charge in [0.1, 0.15) is 0 Å². The molecule has 1 aromatic rings. The number of hydrogen-bond donors (Lipinski definition) is 3. The van der Waals surface area contributed by atoms with Crippen LogP contribution in [-0.2, 0) is 11.2 Å². The van der Waals surface area contributed by atoms with Crippen molar-refractivity contribution in [3.05, 3.63) is 17.7 Å². The molecule has 1 aliphatic heterocycles. The molecule has 1 saturated carbocycles. The number of nitrogens with two attached hydrogens (primary N) is 1. The Kier molecular flexibility index (Phi) is 4.04. The minimum atomic E-state index is 0.0959. The van der Waals surface area contributed by atoms with E-state index in [9.17, 15) is 4.79 Å². The van der Waals surface area contributed by atoms with E-state index in [1.54, 1.807) is 0 Å². The number of hydrogen-bond acceptors (Lipinski definition) is 3. The van der Waals surface area contributed by atoms with Gasteiger partial charge in [-0.05, 0) is 49.8 Å². The van der Waals surface area contributed by atoms with Gasteiger partial charge in [0.15, 0.2) is 0 Å². The highest BCUT2D eigenvalue weighted by Crippen LogP contribution is 2.33. The quantitative estimate of drug-likeness (QED) is 0.745. The molecule has 2 aliphatic rings. The van der Waals surface area contributed by atoms with Crippen LogP contribution in [0.3, 0.4) is 0 Å². The van der Waals surface area contributed by atoms with E-state index >= 15 is 0 Å². The van der Waals surface area contributed by atoms with Crippen molar-refractivity contribution in [1.29, 1.82) is 0 Å². The van der Waals surface area contributed by atoms with Gasteiger partial charge in [0.2, 0.25) is 5.91 Å². The summed E-state index contributed by atoms with van der Waals surface area (Å²) in [5, 5.41) is 6.51. The van der Waals surface area contributed by atoms with Crippen LogP contribution in [0.2, 0.25) is 0 Å². The van der Waals surface area contributed by atoms with Crippen LogP contribution in [0.5, 0.6) is 0 Å². The molecule has 1 unspecified atom stereocenters. The molecule has 1 amide bonds. The molecule has 1 aliphatic carbocycles. The fourth-order valence-corrected chi connectivity index (χ4v) is 3.57. The van der Waals surface area contributed by atoms with E-state index in [1.807, 2.05) is 12.1 Å². The van der Waals surface area contributed by atoms with Gasteiger partial charge < -0.3 is 16.4 Å². The molecule has 4 N–H and O–H groups in total. The first kappa shape index (κ1) is 14.2. The maximum Gasteiger partial charge on any atom is 0.224 e. The molecule has 0 aromatic heterocycles. The molecule has 1 aromatic carbocycles. The first-order chi connectivity index (χ1) is 10.1. The Morgan fingerprint density at radius 3 is 2.76 bits per heavy atom. The Morgan fingerprint density at radius 2 is 2.00 bits per heavy atom. The molecule has 1 atom stereocenters. The molecule has 0 radical (unpaired) electrons. The molecule has 1 heterocycles. The van der Waals surface area contributed by atoms with Gasteiger partial charge in [0.05, 0.1) is 11.4 Å². The van der Waals surface area contributed by atoms with Gasteiger partial charge in [-0.1, -0.05) is 19.3 Å². The number of carbonyl (C=O) groups is 1. The van der Waals surface area contributed by atoms with Gasteiger partial charge in [-0.25, -0.2) is 0 Å². The number of amides is 1. The van der Waals surface area contributed by atoms with E-state index < -0.39 is 0 Å². The Labute approximate surface area is 126 Å². The summed E-state index contributed by atoms with van der Waals surface area (Å²) in [5.41, 5.74) is 9.98. The fourth-order valence-electron chi connectivity index (χ4n) is 3.57. The zero-order valence-electron chi connectivity index (χ0n) is 12.7. The Balaban J connectivity index is 1.75. The minimum Gasteiger partial charge on any atom is -0.397 e. The van der Waals surface area contributed by atoms with Crippen molar-refractivity contribution in [1.82, 2.24) is 0 Å². The summed E-state index contributed by atoms with van der Waals surface area (Å²) in [7, 11) is 0. The van der Waals surface area contributed by atoms with Crippen molar-refractivity contribution in [3.63, 3.8) is 0 Å². The van der Waals surface area contributed by atoms with Crippen LogP contribution in [0.15, 0.2) is 12.1 Å².